The molecule has 0 spiro atoms. The maximum Gasteiger partial charge on any atom is 0.255 e. The van der Waals surface area contributed by atoms with Gasteiger partial charge in [-0.2, -0.15) is 0 Å². The van der Waals surface area contributed by atoms with Gasteiger partial charge in [0.2, 0.25) is 10.0 Å². The molecule has 0 bridgehead atoms. The predicted molar refractivity (Wildman–Crippen MR) is 102 cm³/mol. The van der Waals surface area contributed by atoms with Crippen LogP contribution < -0.4 is 10.0 Å². The first kappa shape index (κ1) is 19.1. The molecule has 2 aromatic carbocycles. The van der Waals surface area contributed by atoms with Crippen LogP contribution in [0.4, 0.5) is 5.69 Å². The van der Waals surface area contributed by atoms with Crippen LogP contribution in [-0.4, -0.2) is 45.3 Å². The van der Waals surface area contributed by atoms with Crippen molar-refractivity contribution in [3.8, 4) is 0 Å². The smallest absolute Gasteiger partial charge is 0.255 e. The van der Waals surface area contributed by atoms with E-state index < -0.39 is 15.9 Å². The standard InChI is InChI=1S/C19H21N3O4S/c1-22(2)19(24)16-8-3-4-9-17(16)20-18(23)13-6-5-7-15(12-13)27(25,26)21-14-10-11-14/h3-9,12,14,21H,10-11H2,1-2H3,(H,20,23). The number of rotatable bonds is 6. The molecule has 0 heterocycles. The summed E-state index contributed by atoms with van der Waals surface area (Å²) in [7, 11) is -0.395. The lowest BCUT2D eigenvalue weighted by Gasteiger charge is -2.15. The maximum atomic E-state index is 12.6. The first-order valence-corrected chi connectivity index (χ1v) is 10.0. The normalized spacial score (nSPS) is 13.9. The lowest BCUT2D eigenvalue weighted by Crippen LogP contribution is -2.26. The molecule has 27 heavy (non-hydrogen) atoms. The van der Waals surface area contributed by atoms with Crippen molar-refractivity contribution in [2.24, 2.45) is 0 Å². The molecule has 1 saturated carbocycles. The fourth-order valence-corrected chi connectivity index (χ4v) is 3.86. The van der Waals surface area contributed by atoms with Gasteiger partial charge in [-0.05, 0) is 43.2 Å². The summed E-state index contributed by atoms with van der Waals surface area (Å²) in [6, 6.07) is 12.5. The number of carbonyl (C=O) groups excluding carboxylic acids is 2. The third-order valence-corrected chi connectivity index (χ3v) is 5.64. The van der Waals surface area contributed by atoms with Crippen molar-refractivity contribution in [2.45, 2.75) is 23.8 Å². The van der Waals surface area contributed by atoms with Gasteiger partial charge in [0, 0.05) is 25.7 Å². The Morgan fingerprint density at radius 1 is 1.04 bits per heavy atom. The summed E-state index contributed by atoms with van der Waals surface area (Å²) in [5, 5.41) is 2.69. The highest BCUT2D eigenvalue weighted by atomic mass is 32.2. The Morgan fingerprint density at radius 2 is 1.74 bits per heavy atom. The summed E-state index contributed by atoms with van der Waals surface area (Å²) in [6.45, 7) is 0. The lowest BCUT2D eigenvalue weighted by molar-refractivity contribution is 0.0828. The van der Waals surface area contributed by atoms with Crippen molar-refractivity contribution in [1.82, 2.24) is 9.62 Å². The molecule has 3 rings (SSSR count). The van der Waals surface area contributed by atoms with Crippen LogP contribution in [0.15, 0.2) is 53.4 Å². The number of hydrogen-bond donors (Lipinski definition) is 2. The average molecular weight is 387 g/mol. The fraction of sp³-hybridized carbons (Fsp3) is 0.263. The van der Waals surface area contributed by atoms with Crippen LogP contribution in [0.3, 0.4) is 0 Å². The second-order valence-corrected chi connectivity index (χ2v) is 8.34. The van der Waals surface area contributed by atoms with Gasteiger partial charge in [0.15, 0.2) is 0 Å². The van der Waals surface area contributed by atoms with Crippen molar-refractivity contribution in [3.63, 3.8) is 0 Å². The third kappa shape index (κ3) is 4.53. The summed E-state index contributed by atoms with van der Waals surface area (Å²) in [4.78, 5) is 26.3. The maximum absolute atomic E-state index is 12.6. The van der Waals surface area contributed by atoms with Gasteiger partial charge in [0.1, 0.15) is 0 Å². The molecule has 8 heteroatoms. The minimum atomic E-state index is -3.65. The highest BCUT2D eigenvalue weighted by Gasteiger charge is 2.28. The molecule has 2 N–H and O–H groups in total. The number of nitrogens with zero attached hydrogens (tertiary/aromatic N) is 1. The molecular weight excluding hydrogens is 366 g/mol. The van der Waals surface area contributed by atoms with Crippen LogP contribution in [0.5, 0.6) is 0 Å². The van der Waals surface area contributed by atoms with E-state index in [1.54, 1.807) is 38.4 Å². The van der Waals surface area contributed by atoms with Gasteiger partial charge in [0.25, 0.3) is 11.8 Å². The lowest BCUT2D eigenvalue weighted by atomic mass is 10.1. The molecule has 1 aliphatic rings. The van der Waals surface area contributed by atoms with Gasteiger partial charge in [-0.15, -0.1) is 0 Å². The molecule has 2 amide bonds. The largest absolute Gasteiger partial charge is 0.345 e. The van der Waals surface area contributed by atoms with Crippen LogP contribution in [0, 0.1) is 0 Å². The van der Waals surface area contributed by atoms with Crippen LogP contribution >= 0.6 is 0 Å². The molecule has 1 aliphatic carbocycles. The Kier molecular flexibility index (Phi) is 5.29. The van der Waals surface area contributed by atoms with Crippen LogP contribution in [0.2, 0.25) is 0 Å². The Hall–Kier alpha value is -2.71. The van der Waals surface area contributed by atoms with Crippen molar-refractivity contribution in [3.05, 3.63) is 59.7 Å². The fourth-order valence-electron chi connectivity index (χ4n) is 2.51. The second-order valence-electron chi connectivity index (χ2n) is 6.62. The van der Waals surface area contributed by atoms with Gasteiger partial charge >= 0.3 is 0 Å². The molecule has 7 nitrogen and oxygen atoms in total. The van der Waals surface area contributed by atoms with Gasteiger partial charge in [0.05, 0.1) is 16.1 Å². The Bertz CT molecular complexity index is 982. The highest BCUT2D eigenvalue weighted by molar-refractivity contribution is 7.89. The van der Waals surface area contributed by atoms with Crippen molar-refractivity contribution in [2.75, 3.05) is 19.4 Å². The number of hydrogen-bond acceptors (Lipinski definition) is 4. The van der Waals surface area contributed by atoms with E-state index in [4.69, 9.17) is 0 Å². The van der Waals surface area contributed by atoms with E-state index in [-0.39, 0.29) is 22.4 Å². The third-order valence-electron chi connectivity index (χ3n) is 4.12. The molecule has 0 radical (unpaired) electrons. The number of anilines is 1. The molecule has 0 aliphatic heterocycles. The van der Waals surface area contributed by atoms with Gasteiger partial charge in [-0.25, -0.2) is 13.1 Å². The van der Waals surface area contributed by atoms with Crippen molar-refractivity contribution in [1.29, 1.82) is 0 Å². The highest BCUT2D eigenvalue weighted by Crippen LogP contribution is 2.23. The number of amides is 2. The monoisotopic (exact) mass is 387 g/mol. The number of para-hydroxylation sites is 1. The molecule has 142 valence electrons. The van der Waals surface area contributed by atoms with Crippen molar-refractivity contribution >= 4 is 27.5 Å². The topological polar surface area (TPSA) is 95.6 Å². The summed E-state index contributed by atoms with van der Waals surface area (Å²) in [5.41, 5.74) is 0.918. The van der Waals surface area contributed by atoms with Crippen molar-refractivity contribution < 1.29 is 18.0 Å². The van der Waals surface area contributed by atoms with E-state index in [1.807, 2.05) is 0 Å². The van der Waals surface area contributed by atoms with Crippen LogP contribution in [0.25, 0.3) is 0 Å². The van der Waals surface area contributed by atoms with E-state index in [9.17, 15) is 18.0 Å². The predicted octanol–water partition coefficient (Wildman–Crippen LogP) is 2.08. The van der Waals surface area contributed by atoms with Gasteiger partial charge < -0.3 is 10.2 Å². The molecule has 2 aromatic rings. The summed E-state index contributed by atoms with van der Waals surface area (Å²) >= 11 is 0. The minimum Gasteiger partial charge on any atom is -0.345 e. The SMILES string of the molecule is CN(C)C(=O)c1ccccc1NC(=O)c1cccc(S(=O)(=O)NC2CC2)c1. The molecule has 0 saturated heterocycles. The van der Waals surface area contributed by atoms with Crippen LogP contribution in [0.1, 0.15) is 33.6 Å². The first-order chi connectivity index (χ1) is 12.8. The average Bonchev–Trinajstić information content (AvgIpc) is 3.45. The summed E-state index contributed by atoms with van der Waals surface area (Å²) in [6.07, 6.45) is 1.66. The zero-order valence-electron chi connectivity index (χ0n) is 15.1. The Morgan fingerprint density at radius 3 is 2.41 bits per heavy atom. The number of benzene rings is 2. The zero-order valence-corrected chi connectivity index (χ0v) is 15.9. The second kappa shape index (κ2) is 7.50. The Labute approximate surface area is 158 Å². The minimum absolute atomic E-state index is 0.0172. The van der Waals surface area contributed by atoms with E-state index in [0.29, 0.717) is 11.3 Å². The molecule has 0 atom stereocenters. The summed E-state index contributed by atoms with van der Waals surface area (Å²) < 4.78 is 27.3. The summed E-state index contributed by atoms with van der Waals surface area (Å²) in [5.74, 6) is -0.728. The first-order valence-electron chi connectivity index (χ1n) is 8.52. The number of sulfonamides is 1. The van der Waals surface area contributed by atoms with E-state index >= 15 is 0 Å². The Balaban J connectivity index is 1.83. The number of nitrogens with one attached hydrogen (secondary N) is 2. The zero-order chi connectivity index (χ0) is 19.6. The molecule has 0 unspecified atom stereocenters. The van der Waals surface area contributed by atoms with Gasteiger partial charge in [-0.1, -0.05) is 18.2 Å². The molecule has 1 fully saturated rings. The van der Waals surface area contributed by atoms with Crippen LogP contribution in [-0.2, 0) is 10.0 Å². The van der Waals surface area contributed by atoms with E-state index in [0.717, 1.165) is 12.8 Å². The number of carbonyl (C=O) groups is 2. The molecular formula is C19H21N3O4S. The quantitative estimate of drug-likeness (QED) is 0.793. The molecule has 0 aromatic heterocycles. The van der Waals surface area contributed by atoms with E-state index in [2.05, 4.69) is 10.0 Å². The van der Waals surface area contributed by atoms with Gasteiger partial charge in [-0.3, -0.25) is 9.59 Å². The van der Waals surface area contributed by atoms with E-state index in [1.165, 1.54) is 29.2 Å².